The van der Waals surface area contributed by atoms with Crippen LogP contribution in [0.4, 0.5) is 0 Å². The van der Waals surface area contributed by atoms with Crippen LogP contribution in [0.2, 0.25) is 10.0 Å². The van der Waals surface area contributed by atoms with Gasteiger partial charge in [0, 0.05) is 12.7 Å². The predicted molar refractivity (Wildman–Crippen MR) is 113 cm³/mol. The van der Waals surface area contributed by atoms with Crippen molar-refractivity contribution >= 4 is 40.3 Å². The maximum Gasteiger partial charge on any atom is 0.216 e. The molecule has 144 valence electrons. The molecule has 0 saturated heterocycles. The fraction of sp³-hybridized carbons (Fsp3) is 0.211. The van der Waals surface area contributed by atoms with E-state index in [9.17, 15) is 4.55 Å². The molecular weight excluding hydrogens is 405 g/mol. The van der Waals surface area contributed by atoms with Gasteiger partial charge in [0.1, 0.15) is 27.1 Å². The maximum atomic E-state index is 12.8. The van der Waals surface area contributed by atoms with Crippen molar-refractivity contribution < 1.29 is 9.66 Å². The van der Waals surface area contributed by atoms with Crippen LogP contribution in [0.5, 0.6) is 0 Å². The molecule has 8 heteroatoms. The monoisotopic (exact) mass is 425 g/mol. The second-order valence-electron chi connectivity index (χ2n) is 5.86. The van der Waals surface area contributed by atoms with Gasteiger partial charge in [0.15, 0.2) is 0 Å². The van der Waals surface area contributed by atoms with Crippen LogP contribution < -0.4 is 10.5 Å². The first-order chi connectivity index (χ1) is 12.8. The van der Waals surface area contributed by atoms with Gasteiger partial charge in [0.25, 0.3) is 0 Å². The Morgan fingerprint density at radius 2 is 1.70 bits per heavy atom. The molecule has 0 amide bonds. The Bertz CT molecular complexity index is 856. The predicted octanol–water partition coefficient (Wildman–Crippen LogP) is 4.05. The van der Waals surface area contributed by atoms with E-state index < -0.39 is 11.4 Å². The third-order valence-corrected chi connectivity index (χ3v) is 5.96. The number of hydrogen-bond acceptors (Lipinski definition) is 5. The van der Waals surface area contributed by atoms with Gasteiger partial charge in [-0.1, -0.05) is 47.5 Å². The molecule has 0 saturated carbocycles. The van der Waals surface area contributed by atoms with Crippen LogP contribution in [0.3, 0.4) is 0 Å². The number of benzene rings is 2. The Morgan fingerprint density at radius 3 is 2.15 bits per heavy atom. The molecular formula is C19H21Cl2N3O2S. The number of hydrogen-bond donors (Lipinski definition) is 3. The molecule has 0 aromatic heterocycles. The molecule has 0 radical (unpaired) electrons. The fourth-order valence-corrected chi connectivity index (χ4v) is 4.38. The Hall–Kier alpha value is -1.70. The smallest absolute Gasteiger partial charge is 0.216 e. The molecule has 0 aliphatic carbocycles. The van der Waals surface area contributed by atoms with Crippen LogP contribution in [-0.2, 0) is 18.0 Å². The first kappa shape index (κ1) is 21.6. The lowest BCUT2D eigenvalue weighted by Gasteiger charge is -2.17. The van der Waals surface area contributed by atoms with E-state index in [1.165, 1.54) is 0 Å². The van der Waals surface area contributed by atoms with Crippen molar-refractivity contribution in [2.24, 2.45) is 10.7 Å². The first-order valence-electron chi connectivity index (χ1n) is 8.06. The first-order valence-corrected chi connectivity index (χ1v) is 9.96. The molecule has 0 bridgehead atoms. The van der Waals surface area contributed by atoms with Gasteiger partial charge in [-0.3, -0.25) is 4.99 Å². The van der Waals surface area contributed by atoms with Gasteiger partial charge < -0.3 is 15.4 Å². The van der Waals surface area contributed by atoms with Crippen molar-refractivity contribution in [2.45, 2.75) is 25.3 Å². The van der Waals surface area contributed by atoms with Crippen LogP contribution in [0.1, 0.15) is 19.4 Å². The van der Waals surface area contributed by atoms with Crippen LogP contribution in [0.15, 0.2) is 57.7 Å². The molecule has 2 rings (SSSR count). The summed E-state index contributed by atoms with van der Waals surface area (Å²) in [6.07, 6.45) is 0. The van der Waals surface area contributed by atoms with Crippen molar-refractivity contribution in [1.82, 2.24) is 4.72 Å². The zero-order valence-corrected chi connectivity index (χ0v) is 17.5. The molecule has 5 nitrogen and oxygen atoms in total. The highest BCUT2D eigenvalue weighted by Crippen LogP contribution is 2.35. The van der Waals surface area contributed by atoms with E-state index in [-0.39, 0.29) is 21.5 Å². The van der Waals surface area contributed by atoms with Gasteiger partial charge in [-0.15, -0.1) is 0 Å². The largest absolute Gasteiger partial charge is 0.588 e. The molecule has 1 atom stereocenters. The summed E-state index contributed by atoms with van der Waals surface area (Å²) in [6, 6.07) is 10.8. The molecule has 4 N–H and O–H groups in total. The Kier molecular flexibility index (Phi) is 7.59. The quantitative estimate of drug-likeness (QED) is 0.480. The highest BCUT2D eigenvalue weighted by Gasteiger charge is 2.24. The number of aliphatic hydroxyl groups excluding tert-OH is 1. The minimum Gasteiger partial charge on any atom is -0.588 e. The van der Waals surface area contributed by atoms with Crippen LogP contribution in [0, 0.1) is 0 Å². The van der Waals surface area contributed by atoms with E-state index in [4.69, 9.17) is 34.0 Å². The summed E-state index contributed by atoms with van der Waals surface area (Å²) >= 11 is 11.0. The van der Waals surface area contributed by atoms with E-state index in [2.05, 4.69) is 9.71 Å². The van der Waals surface area contributed by atoms with E-state index in [0.29, 0.717) is 17.1 Å². The Balaban J connectivity index is 2.37. The number of nitrogens with two attached hydrogens (primary N) is 1. The Morgan fingerprint density at radius 1 is 1.15 bits per heavy atom. The van der Waals surface area contributed by atoms with Gasteiger partial charge >= 0.3 is 0 Å². The fourth-order valence-electron chi connectivity index (χ4n) is 2.40. The molecule has 0 heterocycles. The molecule has 1 unspecified atom stereocenters. The minimum absolute atomic E-state index is 0.0255. The van der Waals surface area contributed by atoms with Crippen molar-refractivity contribution in [2.75, 3.05) is 7.05 Å². The van der Waals surface area contributed by atoms with Gasteiger partial charge in [-0.2, -0.15) is 4.72 Å². The highest BCUT2D eigenvalue weighted by molar-refractivity contribution is 7.90. The van der Waals surface area contributed by atoms with Crippen LogP contribution >= 0.6 is 23.2 Å². The lowest BCUT2D eigenvalue weighted by molar-refractivity contribution is 0.282. The van der Waals surface area contributed by atoms with Gasteiger partial charge in [0.05, 0.1) is 12.3 Å². The summed E-state index contributed by atoms with van der Waals surface area (Å²) in [5.41, 5.74) is 9.89. The van der Waals surface area contributed by atoms with Crippen molar-refractivity contribution in [3.05, 3.63) is 63.4 Å². The standard InChI is InChI=1S/C19H21Cl2N3O2S/c1-11(22)18(12(2)23-3)24-27(26)19-16(20)8-15(9-17(19)21)14-6-4-13(10-25)5-7-14/h4-9,24-25H,10,22H2,1-3H3. The second kappa shape index (κ2) is 9.48. The summed E-state index contributed by atoms with van der Waals surface area (Å²) in [6.45, 7) is 3.43. The van der Waals surface area contributed by atoms with Gasteiger partial charge in [-0.25, -0.2) is 0 Å². The van der Waals surface area contributed by atoms with Crippen molar-refractivity contribution in [3.8, 4) is 11.1 Å². The van der Waals surface area contributed by atoms with Gasteiger partial charge in [0.2, 0.25) is 4.90 Å². The van der Waals surface area contributed by atoms with E-state index in [1.54, 1.807) is 33.0 Å². The van der Waals surface area contributed by atoms with Crippen molar-refractivity contribution in [3.63, 3.8) is 0 Å². The number of nitrogens with zero attached hydrogens (tertiary/aromatic N) is 1. The molecule has 0 aliphatic heterocycles. The van der Waals surface area contributed by atoms with Crippen LogP contribution in [0.25, 0.3) is 11.1 Å². The lowest BCUT2D eigenvalue weighted by atomic mass is 10.0. The number of halogens is 2. The maximum absolute atomic E-state index is 12.8. The van der Waals surface area contributed by atoms with E-state index >= 15 is 0 Å². The van der Waals surface area contributed by atoms with Gasteiger partial charge in [-0.05, 0) is 42.7 Å². The molecule has 0 spiro atoms. The normalized spacial score (nSPS) is 14.0. The summed E-state index contributed by atoms with van der Waals surface area (Å²) in [5, 5.41) is 9.69. The van der Waals surface area contributed by atoms with Crippen LogP contribution in [-0.4, -0.2) is 22.4 Å². The SMILES string of the molecule is CN=C(C)C(N[S+]([O-])c1c(Cl)cc(-c2ccc(CO)cc2)cc1Cl)=C(C)N. The Labute approximate surface area is 172 Å². The average Bonchev–Trinajstić information content (AvgIpc) is 2.64. The third-order valence-electron chi connectivity index (χ3n) is 3.94. The molecule has 2 aromatic carbocycles. The molecule has 0 aliphatic rings. The van der Waals surface area contributed by atoms with E-state index in [0.717, 1.165) is 16.7 Å². The summed E-state index contributed by atoms with van der Waals surface area (Å²) in [7, 11) is 1.62. The number of aliphatic imine (C=N–C) groups is 1. The summed E-state index contributed by atoms with van der Waals surface area (Å²) in [5.74, 6) is 0. The second-order valence-corrected chi connectivity index (χ2v) is 7.83. The molecule has 0 fully saturated rings. The topological polar surface area (TPSA) is 93.7 Å². The third kappa shape index (κ3) is 5.18. The minimum atomic E-state index is -1.71. The molecule has 2 aromatic rings. The number of allylic oxidation sites excluding steroid dienone is 2. The number of rotatable bonds is 6. The van der Waals surface area contributed by atoms with Crippen molar-refractivity contribution in [1.29, 1.82) is 0 Å². The highest BCUT2D eigenvalue weighted by atomic mass is 35.5. The number of nitrogens with one attached hydrogen (secondary N) is 1. The number of aliphatic hydroxyl groups is 1. The van der Waals surface area contributed by atoms with E-state index in [1.807, 2.05) is 24.3 Å². The average molecular weight is 426 g/mol. The summed E-state index contributed by atoms with van der Waals surface area (Å²) in [4.78, 5) is 4.34. The zero-order valence-electron chi connectivity index (χ0n) is 15.2. The summed E-state index contributed by atoms with van der Waals surface area (Å²) < 4.78 is 15.7. The molecule has 27 heavy (non-hydrogen) atoms. The lowest BCUT2D eigenvalue weighted by Crippen LogP contribution is -2.29. The zero-order chi connectivity index (χ0) is 20.1.